The van der Waals surface area contributed by atoms with Crippen molar-refractivity contribution in [2.24, 2.45) is 11.8 Å². The third-order valence-corrected chi connectivity index (χ3v) is 6.83. The van der Waals surface area contributed by atoms with E-state index in [-0.39, 0.29) is 47.8 Å². The van der Waals surface area contributed by atoms with Gasteiger partial charge in [-0.1, -0.05) is 0 Å². The number of hydrogen-bond donors (Lipinski definition) is 4. The van der Waals surface area contributed by atoms with Crippen LogP contribution in [0.3, 0.4) is 0 Å². The zero-order chi connectivity index (χ0) is 22.6. The first kappa shape index (κ1) is 22.9. The van der Waals surface area contributed by atoms with E-state index in [1.54, 1.807) is 24.3 Å². The normalized spacial score (nSPS) is 18.7. The van der Waals surface area contributed by atoms with E-state index in [0.717, 1.165) is 6.07 Å². The summed E-state index contributed by atoms with van der Waals surface area (Å²) in [5.41, 5.74) is 0.179. The first-order chi connectivity index (χ1) is 14.8. The Hall–Kier alpha value is -2.82. The van der Waals surface area contributed by atoms with E-state index >= 15 is 0 Å². The molecule has 0 aromatic heterocycles. The van der Waals surface area contributed by atoms with Crippen LogP contribution in [0.1, 0.15) is 16.8 Å². The Morgan fingerprint density at radius 1 is 1.13 bits per heavy atom. The minimum absolute atomic E-state index is 0.0563. The Balaban J connectivity index is 1.83. The van der Waals surface area contributed by atoms with Crippen molar-refractivity contribution in [3.05, 3.63) is 48.0 Å². The molecular weight excluding hydrogens is 424 g/mol. The molecule has 31 heavy (non-hydrogen) atoms. The molecule has 0 spiro atoms. The molecule has 1 fully saturated rings. The summed E-state index contributed by atoms with van der Waals surface area (Å²) in [7, 11) is -2.51. The standard InChI is InChI=1S/C21H26N2O7S/c1-30-17-4-2-16(3-5-17)22-31(28,29)18-6-7-20(26)19(10-18)21(27)23-11-14(8-9-24)15(12-23)13-25/h2-7,10,14-15,22,24-26H,8-9,11-13H2,1H3. The van der Waals surface area contributed by atoms with E-state index < -0.39 is 15.9 Å². The van der Waals surface area contributed by atoms with Gasteiger partial charge in [-0.3, -0.25) is 9.52 Å². The van der Waals surface area contributed by atoms with Gasteiger partial charge in [0.05, 0.1) is 17.6 Å². The molecule has 2 aromatic rings. The molecule has 2 unspecified atom stereocenters. The number of rotatable bonds is 8. The summed E-state index contributed by atoms with van der Waals surface area (Å²) < 4.78 is 33.1. The van der Waals surface area contributed by atoms with Gasteiger partial charge in [0, 0.05) is 37.9 Å². The van der Waals surface area contributed by atoms with Crippen molar-refractivity contribution in [2.45, 2.75) is 11.3 Å². The molecule has 0 radical (unpaired) electrons. The summed E-state index contributed by atoms with van der Waals surface area (Å²) in [5, 5.41) is 28.9. The number of likely N-dealkylation sites (tertiary alicyclic amines) is 1. The molecule has 4 N–H and O–H groups in total. The maximum Gasteiger partial charge on any atom is 0.261 e. The van der Waals surface area contributed by atoms with Crippen LogP contribution >= 0.6 is 0 Å². The van der Waals surface area contributed by atoms with Crippen LogP contribution in [0.15, 0.2) is 47.4 Å². The molecule has 1 aliphatic heterocycles. The Morgan fingerprint density at radius 3 is 2.42 bits per heavy atom. The number of benzene rings is 2. The van der Waals surface area contributed by atoms with Crippen molar-refractivity contribution in [1.29, 1.82) is 0 Å². The molecule has 0 bridgehead atoms. The van der Waals surface area contributed by atoms with Crippen molar-refractivity contribution in [3.63, 3.8) is 0 Å². The van der Waals surface area contributed by atoms with Gasteiger partial charge < -0.3 is 25.0 Å². The molecule has 2 atom stereocenters. The number of anilines is 1. The fraction of sp³-hybridized carbons (Fsp3) is 0.381. The lowest BCUT2D eigenvalue weighted by atomic mass is 9.94. The highest BCUT2D eigenvalue weighted by Gasteiger charge is 2.35. The number of nitrogens with one attached hydrogen (secondary N) is 1. The number of nitrogens with zero attached hydrogens (tertiary/aromatic N) is 1. The fourth-order valence-electron chi connectivity index (χ4n) is 3.70. The average molecular weight is 451 g/mol. The lowest BCUT2D eigenvalue weighted by Gasteiger charge is -2.18. The predicted molar refractivity (Wildman–Crippen MR) is 114 cm³/mol. The van der Waals surface area contributed by atoms with Crippen molar-refractivity contribution >= 4 is 21.6 Å². The van der Waals surface area contributed by atoms with Gasteiger partial charge in [-0.25, -0.2) is 8.42 Å². The monoisotopic (exact) mass is 450 g/mol. The summed E-state index contributed by atoms with van der Waals surface area (Å²) >= 11 is 0. The molecule has 0 saturated carbocycles. The first-order valence-electron chi connectivity index (χ1n) is 9.80. The van der Waals surface area contributed by atoms with E-state index in [9.17, 15) is 28.5 Å². The molecule has 1 heterocycles. The van der Waals surface area contributed by atoms with Gasteiger partial charge in [0.15, 0.2) is 0 Å². The van der Waals surface area contributed by atoms with Gasteiger partial charge in [-0.2, -0.15) is 0 Å². The first-order valence-corrected chi connectivity index (χ1v) is 11.3. The number of sulfonamides is 1. The Morgan fingerprint density at radius 2 is 1.81 bits per heavy atom. The number of aliphatic hydroxyl groups excluding tert-OH is 2. The highest BCUT2D eigenvalue weighted by Crippen LogP contribution is 2.30. The third-order valence-electron chi connectivity index (χ3n) is 5.45. The van der Waals surface area contributed by atoms with Crippen LogP contribution in [0.2, 0.25) is 0 Å². The van der Waals surface area contributed by atoms with Crippen LogP contribution in [0.25, 0.3) is 0 Å². The molecular formula is C21H26N2O7S. The van der Waals surface area contributed by atoms with E-state index in [4.69, 9.17) is 4.74 Å². The van der Waals surface area contributed by atoms with E-state index in [0.29, 0.717) is 24.4 Å². The Kier molecular flexibility index (Phi) is 7.04. The topological polar surface area (TPSA) is 136 Å². The Bertz CT molecular complexity index is 1020. The number of carbonyl (C=O) groups is 1. The second-order valence-electron chi connectivity index (χ2n) is 7.44. The molecule has 1 saturated heterocycles. The molecule has 3 rings (SSSR count). The zero-order valence-corrected chi connectivity index (χ0v) is 17.9. The number of methoxy groups -OCH3 is 1. The number of phenolic OH excluding ortho intramolecular Hbond substituents is 1. The second kappa shape index (κ2) is 9.54. The van der Waals surface area contributed by atoms with Crippen molar-refractivity contribution in [3.8, 4) is 11.5 Å². The van der Waals surface area contributed by atoms with E-state index in [1.807, 2.05) is 0 Å². The summed E-state index contributed by atoms with van der Waals surface area (Å²) in [4.78, 5) is 14.3. The Labute approximate surface area is 180 Å². The zero-order valence-electron chi connectivity index (χ0n) is 17.1. The van der Waals surface area contributed by atoms with Crippen molar-refractivity contribution in [2.75, 3.05) is 38.1 Å². The molecule has 10 heteroatoms. The number of hydrogen-bond acceptors (Lipinski definition) is 7. The van der Waals surface area contributed by atoms with Gasteiger partial charge in [0.25, 0.3) is 15.9 Å². The summed E-state index contributed by atoms with van der Waals surface area (Å²) in [6.45, 7) is 0.394. The third kappa shape index (κ3) is 5.09. The maximum absolute atomic E-state index is 13.0. The van der Waals surface area contributed by atoms with Crippen molar-refractivity contribution < 1.29 is 33.3 Å². The quantitative estimate of drug-likeness (QED) is 0.475. The number of aliphatic hydroxyl groups is 2. The van der Waals surface area contributed by atoms with Crippen molar-refractivity contribution in [1.82, 2.24) is 4.90 Å². The van der Waals surface area contributed by atoms with Crippen LogP contribution in [-0.2, 0) is 10.0 Å². The summed E-state index contributed by atoms with van der Waals surface area (Å²) in [6, 6.07) is 9.83. The fourth-order valence-corrected chi connectivity index (χ4v) is 4.79. The molecule has 9 nitrogen and oxygen atoms in total. The summed E-state index contributed by atoms with van der Waals surface area (Å²) in [5.74, 6) is -0.532. The van der Waals surface area contributed by atoms with Crippen LogP contribution in [0.5, 0.6) is 11.5 Å². The number of aromatic hydroxyl groups is 1. The van der Waals surface area contributed by atoms with Gasteiger partial charge in [-0.15, -0.1) is 0 Å². The van der Waals surface area contributed by atoms with Crippen LogP contribution < -0.4 is 9.46 Å². The minimum Gasteiger partial charge on any atom is -0.507 e. The highest BCUT2D eigenvalue weighted by atomic mass is 32.2. The largest absolute Gasteiger partial charge is 0.507 e. The number of phenols is 1. The number of carbonyl (C=O) groups excluding carboxylic acids is 1. The van der Waals surface area contributed by atoms with Crippen LogP contribution in [-0.4, -0.2) is 68.0 Å². The molecule has 1 amide bonds. The van der Waals surface area contributed by atoms with Gasteiger partial charge in [-0.05, 0) is 54.8 Å². The lowest BCUT2D eigenvalue weighted by Crippen LogP contribution is -2.29. The van der Waals surface area contributed by atoms with Gasteiger partial charge in [0.1, 0.15) is 11.5 Å². The predicted octanol–water partition coefficient (Wildman–Crippen LogP) is 1.26. The highest BCUT2D eigenvalue weighted by molar-refractivity contribution is 7.92. The average Bonchev–Trinajstić information content (AvgIpc) is 3.17. The number of ether oxygens (including phenoxy) is 1. The lowest BCUT2D eigenvalue weighted by molar-refractivity contribution is 0.0776. The van der Waals surface area contributed by atoms with E-state index in [2.05, 4.69) is 4.72 Å². The van der Waals surface area contributed by atoms with Gasteiger partial charge >= 0.3 is 0 Å². The minimum atomic E-state index is -4.01. The maximum atomic E-state index is 13.0. The molecule has 1 aliphatic rings. The second-order valence-corrected chi connectivity index (χ2v) is 9.12. The molecule has 0 aliphatic carbocycles. The SMILES string of the molecule is COc1ccc(NS(=O)(=O)c2ccc(O)c(C(=O)N3CC(CO)C(CCO)C3)c2)cc1. The van der Waals surface area contributed by atoms with E-state index in [1.165, 1.54) is 24.1 Å². The number of amides is 1. The smallest absolute Gasteiger partial charge is 0.261 e. The molecule has 168 valence electrons. The van der Waals surface area contributed by atoms with Crippen LogP contribution in [0.4, 0.5) is 5.69 Å². The van der Waals surface area contributed by atoms with Crippen LogP contribution in [0, 0.1) is 11.8 Å². The van der Waals surface area contributed by atoms with Gasteiger partial charge in [0.2, 0.25) is 0 Å². The summed E-state index contributed by atoms with van der Waals surface area (Å²) in [6.07, 6.45) is 0.446. The molecule has 2 aromatic carbocycles.